The molecule has 28 heavy (non-hydrogen) atoms. The Morgan fingerprint density at radius 1 is 1.29 bits per heavy atom. The molecule has 0 aliphatic carbocycles. The van der Waals surface area contributed by atoms with Crippen LogP contribution in [0.15, 0.2) is 48.0 Å². The van der Waals surface area contributed by atoms with Crippen molar-refractivity contribution in [2.75, 3.05) is 5.32 Å². The molecule has 0 aliphatic rings. The Morgan fingerprint density at radius 2 is 2.07 bits per heavy atom. The number of nitro benzene ring substituents is 1. The van der Waals surface area contributed by atoms with E-state index >= 15 is 0 Å². The number of thiazole rings is 1. The second kappa shape index (κ2) is 7.98. The van der Waals surface area contributed by atoms with Crippen LogP contribution in [0.25, 0.3) is 16.8 Å². The van der Waals surface area contributed by atoms with Crippen LogP contribution in [0.1, 0.15) is 16.1 Å². The molecule has 3 aromatic rings. The van der Waals surface area contributed by atoms with Gasteiger partial charge in [0.15, 0.2) is 0 Å². The second-order valence-corrected chi connectivity index (χ2v) is 6.93. The number of aryl methyl sites for hydroxylation is 2. The molecule has 0 aliphatic heterocycles. The molecule has 0 saturated heterocycles. The number of halogens is 1. The molecule has 0 amide bonds. The molecule has 2 aromatic carbocycles. The van der Waals surface area contributed by atoms with Gasteiger partial charge in [-0.05, 0) is 43.2 Å². The van der Waals surface area contributed by atoms with Gasteiger partial charge < -0.3 is 5.32 Å². The summed E-state index contributed by atoms with van der Waals surface area (Å²) < 4.78 is 13.4. The topological polar surface area (TPSA) is 91.8 Å². The van der Waals surface area contributed by atoms with Gasteiger partial charge in [-0.15, -0.1) is 11.3 Å². The highest BCUT2D eigenvalue weighted by molar-refractivity contribution is 7.11. The molecule has 1 heterocycles. The Labute approximate surface area is 164 Å². The summed E-state index contributed by atoms with van der Waals surface area (Å²) in [6.45, 7) is 4.06. The number of nitriles is 1. The minimum atomic E-state index is -0.919. The highest BCUT2D eigenvalue weighted by atomic mass is 32.1. The zero-order valence-electron chi connectivity index (χ0n) is 15.1. The molecule has 140 valence electrons. The van der Waals surface area contributed by atoms with Gasteiger partial charge in [-0.2, -0.15) is 9.65 Å². The van der Waals surface area contributed by atoms with Gasteiger partial charge in [-0.1, -0.05) is 12.1 Å². The number of aromatic nitrogens is 1. The molecular formula is C20H15FN4O2S. The number of benzene rings is 2. The van der Waals surface area contributed by atoms with Crippen molar-refractivity contribution in [2.45, 2.75) is 13.8 Å². The van der Waals surface area contributed by atoms with Crippen LogP contribution in [0.3, 0.4) is 0 Å². The van der Waals surface area contributed by atoms with E-state index in [1.165, 1.54) is 29.2 Å². The van der Waals surface area contributed by atoms with Crippen molar-refractivity contribution in [3.63, 3.8) is 0 Å². The normalized spacial score (nSPS) is 11.1. The smallest absolute Gasteiger partial charge is 0.306 e. The second-order valence-electron chi connectivity index (χ2n) is 6.07. The summed E-state index contributed by atoms with van der Waals surface area (Å²) in [5, 5.41) is 25.5. The van der Waals surface area contributed by atoms with Crippen LogP contribution in [0, 0.1) is 41.1 Å². The van der Waals surface area contributed by atoms with Crippen LogP contribution in [-0.2, 0) is 0 Å². The van der Waals surface area contributed by atoms with Gasteiger partial charge in [0, 0.05) is 28.9 Å². The molecule has 0 saturated carbocycles. The van der Waals surface area contributed by atoms with E-state index in [0.717, 1.165) is 29.0 Å². The van der Waals surface area contributed by atoms with Gasteiger partial charge in [0.05, 0.1) is 10.6 Å². The summed E-state index contributed by atoms with van der Waals surface area (Å²) in [5.74, 6) is -0.919. The van der Waals surface area contributed by atoms with Crippen LogP contribution in [0.2, 0.25) is 0 Å². The number of nitrogens with one attached hydrogen (secondary N) is 1. The van der Waals surface area contributed by atoms with Gasteiger partial charge in [0.1, 0.15) is 16.6 Å². The molecule has 0 fully saturated rings. The Hall–Kier alpha value is -3.57. The number of nitrogens with zero attached hydrogens (tertiary/aromatic N) is 3. The molecule has 1 N–H and O–H groups in total. The van der Waals surface area contributed by atoms with Gasteiger partial charge >= 0.3 is 5.69 Å². The molecule has 6 nitrogen and oxygen atoms in total. The van der Waals surface area contributed by atoms with E-state index in [1.807, 2.05) is 37.4 Å². The van der Waals surface area contributed by atoms with Crippen LogP contribution in [-0.4, -0.2) is 9.91 Å². The number of hydrogen-bond donors (Lipinski definition) is 1. The Bertz CT molecular complexity index is 1130. The standard InChI is InChI=1S/C20H15FN4O2S/c1-12-3-4-14(7-13(12)2)18-11-28-20(24-18)15(9-22)10-23-16-5-6-17(21)19(8-16)25(26)27/h3-8,10-11,23H,1-2H3/b15-10+. The maximum Gasteiger partial charge on any atom is 0.306 e. The first kappa shape index (κ1) is 19.2. The minimum Gasteiger partial charge on any atom is -0.360 e. The van der Waals surface area contributed by atoms with E-state index in [1.54, 1.807) is 0 Å². The number of nitro groups is 1. The molecular weight excluding hydrogens is 379 g/mol. The number of hydrogen-bond acceptors (Lipinski definition) is 6. The summed E-state index contributed by atoms with van der Waals surface area (Å²) in [6.07, 6.45) is 1.40. The van der Waals surface area contributed by atoms with Crippen LogP contribution >= 0.6 is 11.3 Å². The first-order valence-electron chi connectivity index (χ1n) is 8.23. The van der Waals surface area contributed by atoms with Gasteiger partial charge in [0.25, 0.3) is 0 Å². The third-order valence-corrected chi connectivity index (χ3v) is 5.06. The summed E-state index contributed by atoms with van der Waals surface area (Å²) in [7, 11) is 0. The first-order valence-corrected chi connectivity index (χ1v) is 9.11. The molecule has 0 spiro atoms. The quantitative estimate of drug-likeness (QED) is 0.353. The SMILES string of the molecule is Cc1ccc(-c2csc(/C(C#N)=C/Nc3ccc(F)c([N+](=O)[O-])c3)n2)cc1C. The lowest BCUT2D eigenvalue weighted by Gasteiger charge is -2.03. The van der Waals surface area contributed by atoms with Crippen molar-refractivity contribution >= 4 is 28.3 Å². The van der Waals surface area contributed by atoms with Gasteiger partial charge in [0.2, 0.25) is 5.82 Å². The molecule has 0 radical (unpaired) electrons. The fourth-order valence-corrected chi connectivity index (χ4v) is 3.27. The highest BCUT2D eigenvalue weighted by Crippen LogP contribution is 2.28. The van der Waals surface area contributed by atoms with E-state index < -0.39 is 16.4 Å². The average Bonchev–Trinajstić information content (AvgIpc) is 3.15. The van der Waals surface area contributed by atoms with Crippen LogP contribution < -0.4 is 5.32 Å². The lowest BCUT2D eigenvalue weighted by Crippen LogP contribution is -1.96. The Kier molecular flexibility index (Phi) is 5.47. The number of allylic oxidation sites excluding steroid dienone is 1. The van der Waals surface area contributed by atoms with E-state index in [4.69, 9.17) is 0 Å². The predicted octanol–water partition coefficient (Wildman–Crippen LogP) is 5.45. The fraction of sp³-hybridized carbons (Fsp3) is 0.100. The summed E-state index contributed by atoms with van der Waals surface area (Å²) in [5.41, 5.74) is 4.01. The third-order valence-electron chi connectivity index (χ3n) is 4.18. The van der Waals surface area contributed by atoms with Gasteiger partial charge in [-0.25, -0.2) is 4.98 Å². The first-order chi connectivity index (χ1) is 13.4. The van der Waals surface area contributed by atoms with E-state index in [2.05, 4.69) is 16.4 Å². The molecule has 8 heteroatoms. The predicted molar refractivity (Wildman–Crippen MR) is 107 cm³/mol. The van der Waals surface area contributed by atoms with Crippen molar-refractivity contribution in [1.82, 2.24) is 4.98 Å². The lowest BCUT2D eigenvalue weighted by atomic mass is 10.1. The monoisotopic (exact) mass is 394 g/mol. The lowest BCUT2D eigenvalue weighted by molar-refractivity contribution is -0.387. The van der Waals surface area contributed by atoms with Crippen molar-refractivity contribution in [1.29, 1.82) is 5.26 Å². The Balaban J connectivity index is 1.85. The summed E-state index contributed by atoms with van der Waals surface area (Å²) in [4.78, 5) is 14.5. The number of rotatable bonds is 5. The van der Waals surface area contributed by atoms with E-state index in [9.17, 15) is 19.8 Å². The van der Waals surface area contributed by atoms with Crippen LogP contribution in [0.4, 0.5) is 15.8 Å². The maximum atomic E-state index is 13.4. The van der Waals surface area contributed by atoms with E-state index in [-0.39, 0.29) is 5.57 Å². The zero-order valence-corrected chi connectivity index (χ0v) is 15.9. The van der Waals surface area contributed by atoms with Crippen LogP contribution in [0.5, 0.6) is 0 Å². The molecule has 0 bridgehead atoms. The summed E-state index contributed by atoms with van der Waals surface area (Å²) in [6, 6.07) is 11.5. The third kappa shape index (κ3) is 4.05. The molecule has 3 rings (SSSR count). The van der Waals surface area contributed by atoms with Crippen molar-refractivity contribution in [2.24, 2.45) is 0 Å². The fourth-order valence-electron chi connectivity index (χ4n) is 2.47. The average molecular weight is 394 g/mol. The zero-order chi connectivity index (χ0) is 20.3. The number of anilines is 1. The highest BCUT2D eigenvalue weighted by Gasteiger charge is 2.14. The summed E-state index contributed by atoms with van der Waals surface area (Å²) >= 11 is 1.32. The largest absolute Gasteiger partial charge is 0.360 e. The van der Waals surface area contributed by atoms with Crippen molar-refractivity contribution in [3.05, 3.63) is 80.0 Å². The van der Waals surface area contributed by atoms with Crippen molar-refractivity contribution < 1.29 is 9.31 Å². The van der Waals surface area contributed by atoms with Gasteiger partial charge in [-0.3, -0.25) is 10.1 Å². The minimum absolute atomic E-state index is 0.270. The maximum absolute atomic E-state index is 13.4. The molecule has 0 unspecified atom stereocenters. The molecule has 0 atom stereocenters. The van der Waals surface area contributed by atoms with E-state index in [0.29, 0.717) is 10.7 Å². The molecule has 1 aromatic heterocycles. The van der Waals surface area contributed by atoms with Crippen molar-refractivity contribution in [3.8, 4) is 17.3 Å². The Morgan fingerprint density at radius 3 is 2.75 bits per heavy atom.